The van der Waals surface area contributed by atoms with Crippen LogP contribution in [0.15, 0.2) is 35.5 Å². The molecule has 0 bridgehead atoms. The number of H-pyrrole nitrogens is 1. The third-order valence-electron chi connectivity index (χ3n) is 3.84. The van der Waals surface area contributed by atoms with Crippen molar-refractivity contribution in [1.82, 2.24) is 20.0 Å². The number of aromatic hydroxyl groups is 1. The summed E-state index contributed by atoms with van der Waals surface area (Å²) in [7, 11) is -3.62. The van der Waals surface area contributed by atoms with Crippen LogP contribution in [0.25, 0.3) is 5.69 Å². The molecule has 10 heteroatoms. The minimum atomic E-state index is -3.62. The first-order valence-electron chi connectivity index (χ1n) is 7.59. The molecule has 0 saturated carbocycles. The largest absolute Gasteiger partial charge is 0.493 e. The number of benzene rings is 1. The summed E-state index contributed by atoms with van der Waals surface area (Å²) in [5.41, 5.74) is 0.506. The second-order valence-corrected chi connectivity index (χ2v) is 7.94. The van der Waals surface area contributed by atoms with Gasteiger partial charge in [0.05, 0.1) is 15.6 Å². The Balaban J connectivity index is 2.27. The van der Waals surface area contributed by atoms with Gasteiger partial charge < -0.3 is 5.11 Å². The molecule has 0 amide bonds. The van der Waals surface area contributed by atoms with Crippen molar-refractivity contribution in [2.24, 2.45) is 0 Å². The maximum absolute atomic E-state index is 12.9. The molecule has 2 heterocycles. The molecule has 0 aliphatic carbocycles. The number of hydrogen-bond donors (Lipinski definition) is 2. The molecule has 3 aromatic rings. The van der Waals surface area contributed by atoms with Crippen molar-refractivity contribution in [3.8, 4) is 11.6 Å². The van der Waals surface area contributed by atoms with Gasteiger partial charge in [0.1, 0.15) is 11.3 Å². The van der Waals surface area contributed by atoms with Gasteiger partial charge in [-0.3, -0.25) is 4.79 Å². The highest BCUT2D eigenvalue weighted by molar-refractivity contribution is 7.90. The number of aromatic nitrogens is 4. The van der Waals surface area contributed by atoms with Crippen molar-refractivity contribution >= 4 is 27.2 Å². The number of nitrogens with zero attached hydrogens (tertiary/aromatic N) is 3. The minimum absolute atomic E-state index is 0.00733. The van der Waals surface area contributed by atoms with Crippen LogP contribution in [0, 0.1) is 0 Å². The molecule has 136 valence electrons. The van der Waals surface area contributed by atoms with Gasteiger partial charge in [-0.15, -0.1) is 0 Å². The van der Waals surface area contributed by atoms with E-state index >= 15 is 0 Å². The van der Waals surface area contributed by atoms with Crippen LogP contribution in [0.1, 0.15) is 28.5 Å². The highest BCUT2D eigenvalue weighted by atomic mass is 35.5. The second-order valence-electron chi connectivity index (χ2n) is 5.57. The van der Waals surface area contributed by atoms with Crippen LogP contribution in [0.5, 0.6) is 5.88 Å². The normalized spacial score (nSPS) is 11.7. The summed E-state index contributed by atoms with van der Waals surface area (Å²) >= 11 is 6.41. The molecule has 2 N–H and O–H groups in total. The molecule has 0 unspecified atom stereocenters. The molecule has 0 radical (unpaired) electrons. The zero-order valence-electron chi connectivity index (χ0n) is 13.9. The van der Waals surface area contributed by atoms with Gasteiger partial charge in [0.2, 0.25) is 11.7 Å². The highest BCUT2D eigenvalue weighted by Gasteiger charge is 2.27. The standard InChI is InChI=1S/C16H15ClN4O4S/c1-3-10-12(16(23)20-19-10)15(22)9-5-6-11(26(2,24)25)14(13(9)17)21-8-4-7-18-21/h4-8H,3H2,1-2H3,(H2,19,20,23). The molecule has 0 spiro atoms. The van der Waals surface area contributed by atoms with E-state index in [0.717, 1.165) is 6.26 Å². The van der Waals surface area contributed by atoms with Crippen molar-refractivity contribution in [3.05, 3.63) is 52.4 Å². The van der Waals surface area contributed by atoms with Crippen LogP contribution in [0.2, 0.25) is 5.02 Å². The van der Waals surface area contributed by atoms with Crippen LogP contribution in [-0.4, -0.2) is 45.5 Å². The van der Waals surface area contributed by atoms with E-state index in [9.17, 15) is 18.3 Å². The first kappa shape index (κ1) is 18.2. The molecule has 0 aliphatic heterocycles. The lowest BCUT2D eigenvalue weighted by Crippen LogP contribution is -2.11. The van der Waals surface area contributed by atoms with E-state index in [0.29, 0.717) is 12.1 Å². The average Bonchev–Trinajstić information content (AvgIpc) is 3.22. The number of aromatic amines is 1. The Morgan fingerprint density at radius 2 is 2.12 bits per heavy atom. The lowest BCUT2D eigenvalue weighted by atomic mass is 10.0. The van der Waals surface area contributed by atoms with Crippen molar-refractivity contribution in [2.45, 2.75) is 18.2 Å². The van der Waals surface area contributed by atoms with Gasteiger partial charge >= 0.3 is 0 Å². The van der Waals surface area contributed by atoms with Gasteiger partial charge in [0.25, 0.3) is 0 Å². The number of sulfone groups is 1. The molecule has 2 aromatic heterocycles. The summed E-state index contributed by atoms with van der Waals surface area (Å²) in [6.07, 6.45) is 4.46. The minimum Gasteiger partial charge on any atom is -0.493 e. The van der Waals surface area contributed by atoms with Gasteiger partial charge in [0.15, 0.2) is 9.84 Å². The maximum atomic E-state index is 12.9. The molecular formula is C16H15ClN4O4S. The summed E-state index contributed by atoms with van der Waals surface area (Å²) in [4.78, 5) is 12.9. The fourth-order valence-electron chi connectivity index (χ4n) is 2.63. The summed E-state index contributed by atoms with van der Waals surface area (Å²) in [6.45, 7) is 1.79. The number of carbonyl (C=O) groups excluding carboxylic acids is 1. The van der Waals surface area contributed by atoms with E-state index in [1.54, 1.807) is 13.0 Å². The summed E-state index contributed by atoms with van der Waals surface area (Å²) < 4.78 is 25.5. The van der Waals surface area contributed by atoms with Crippen LogP contribution in [0.4, 0.5) is 0 Å². The first-order chi connectivity index (χ1) is 12.3. The SMILES string of the molecule is CCc1n[nH]c(O)c1C(=O)c1ccc(S(C)(=O)=O)c(-n2cccn2)c1Cl. The molecule has 0 atom stereocenters. The fourth-order valence-corrected chi connectivity index (χ4v) is 3.89. The van der Waals surface area contributed by atoms with E-state index in [2.05, 4.69) is 15.3 Å². The number of halogens is 1. The summed E-state index contributed by atoms with van der Waals surface area (Å²) in [5, 5.41) is 20.1. The molecule has 0 aliphatic rings. The summed E-state index contributed by atoms with van der Waals surface area (Å²) in [5.74, 6) is -0.928. The van der Waals surface area contributed by atoms with E-state index in [4.69, 9.17) is 11.6 Å². The smallest absolute Gasteiger partial charge is 0.218 e. The predicted octanol–water partition coefficient (Wildman–Crippen LogP) is 2.15. The summed E-state index contributed by atoms with van der Waals surface area (Å²) in [6, 6.07) is 4.22. The number of ketones is 1. The maximum Gasteiger partial charge on any atom is 0.218 e. The Labute approximate surface area is 154 Å². The highest BCUT2D eigenvalue weighted by Crippen LogP contribution is 2.33. The number of rotatable bonds is 5. The van der Waals surface area contributed by atoms with Crippen LogP contribution >= 0.6 is 11.6 Å². The Morgan fingerprint density at radius 1 is 1.38 bits per heavy atom. The Hall–Kier alpha value is -2.65. The molecule has 8 nitrogen and oxygen atoms in total. The van der Waals surface area contributed by atoms with Crippen LogP contribution in [-0.2, 0) is 16.3 Å². The Morgan fingerprint density at radius 3 is 2.69 bits per heavy atom. The van der Waals surface area contributed by atoms with Crippen molar-refractivity contribution < 1.29 is 18.3 Å². The number of aryl methyl sites for hydroxylation is 1. The molecule has 0 fully saturated rings. The lowest BCUT2D eigenvalue weighted by molar-refractivity contribution is 0.103. The van der Waals surface area contributed by atoms with Gasteiger partial charge in [-0.05, 0) is 24.6 Å². The number of hydrogen-bond acceptors (Lipinski definition) is 6. The fraction of sp³-hybridized carbons (Fsp3) is 0.188. The topological polar surface area (TPSA) is 118 Å². The van der Waals surface area contributed by atoms with E-state index in [1.807, 2.05) is 0 Å². The molecule has 0 saturated heterocycles. The molecular weight excluding hydrogens is 380 g/mol. The number of nitrogens with one attached hydrogen (secondary N) is 1. The average molecular weight is 395 g/mol. The second kappa shape index (κ2) is 6.58. The Bertz CT molecular complexity index is 1090. The van der Waals surface area contributed by atoms with Gasteiger partial charge in [0, 0.05) is 24.2 Å². The van der Waals surface area contributed by atoms with Crippen LogP contribution < -0.4 is 0 Å². The molecule has 3 rings (SSSR count). The number of carbonyl (C=O) groups is 1. The molecule has 26 heavy (non-hydrogen) atoms. The quantitative estimate of drug-likeness (QED) is 0.640. The van der Waals surface area contributed by atoms with Gasteiger partial charge in [-0.1, -0.05) is 18.5 Å². The lowest BCUT2D eigenvalue weighted by Gasteiger charge is -2.13. The van der Waals surface area contributed by atoms with Crippen molar-refractivity contribution in [2.75, 3.05) is 6.26 Å². The van der Waals surface area contributed by atoms with Crippen molar-refractivity contribution in [1.29, 1.82) is 0 Å². The van der Waals surface area contributed by atoms with Crippen molar-refractivity contribution in [3.63, 3.8) is 0 Å². The molecule has 1 aromatic carbocycles. The van der Waals surface area contributed by atoms with E-state index in [-0.39, 0.29) is 32.6 Å². The third kappa shape index (κ3) is 2.99. The first-order valence-corrected chi connectivity index (χ1v) is 9.86. The predicted molar refractivity (Wildman–Crippen MR) is 94.7 cm³/mol. The zero-order chi connectivity index (χ0) is 19.1. The van der Waals surface area contributed by atoms with Crippen LogP contribution in [0.3, 0.4) is 0 Å². The van der Waals surface area contributed by atoms with E-state index in [1.165, 1.54) is 29.2 Å². The van der Waals surface area contributed by atoms with E-state index < -0.39 is 15.6 Å². The van der Waals surface area contributed by atoms with Gasteiger partial charge in [-0.25, -0.2) is 18.2 Å². The third-order valence-corrected chi connectivity index (χ3v) is 5.35. The Kier molecular flexibility index (Phi) is 4.59. The van der Waals surface area contributed by atoms with Gasteiger partial charge in [-0.2, -0.15) is 10.2 Å². The monoisotopic (exact) mass is 394 g/mol. The zero-order valence-corrected chi connectivity index (χ0v) is 15.5.